The van der Waals surface area contributed by atoms with Gasteiger partial charge in [-0.05, 0) is 60.7 Å². The molecule has 25 heavy (non-hydrogen) atoms. The molecular formula is C21H22N2O2. The second-order valence-electron chi connectivity index (χ2n) is 6.20. The number of hydrogen-bond donors (Lipinski definition) is 0. The Morgan fingerprint density at radius 2 is 1.32 bits per heavy atom. The first-order valence-electron chi connectivity index (χ1n) is 8.61. The predicted molar refractivity (Wildman–Crippen MR) is 102 cm³/mol. The van der Waals surface area contributed by atoms with Crippen LogP contribution in [0.2, 0.25) is 0 Å². The van der Waals surface area contributed by atoms with Gasteiger partial charge in [0.2, 0.25) is 0 Å². The van der Waals surface area contributed by atoms with E-state index in [-0.39, 0.29) is 0 Å². The molecule has 2 aromatic carbocycles. The fraction of sp³-hybridized carbons (Fsp3) is 0.238. The molecular weight excluding hydrogens is 312 g/mol. The van der Waals surface area contributed by atoms with Crippen LogP contribution in [0.5, 0.6) is 5.75 Å². The van der Waals surface area contributed by atoms with Crippen LogP contribution in [-0.4, -0.2) is 33.3 Å². The SMILES string of the molecule is COc1ccc(N2CCN(c3ccc(-c4ccco4)cc3)CC2)cc1. The van der Waals surface area contributed by atoms with E-state index in [1.165, 1.54) is 11.4 Å². The van der Waals surface area contributed by atoms with E-state index in [9.17, 15) is 0 Å². The molecule has 0 bridgehead atoms. The van der Waals surface area contributed by atoms with E-state index < -0.39 is 0 Å². The molecule has 0 atom stereocenters. The van der Waals surface area contributed by atoms with Gasteiger partial charge in [0.15, 0.2) is 0 Å². The van der Waals surface area contributed by atoms with E-state index in [2.05, 4.69) is 46.2 Å². The zero-order valence-corrected chi connectivity index (χ0v) is 14.4. The molecule has 1 fully saturated rings. The van der Waals surface area contributed by atoms with Gasteiger partial charge in [-0.15, -0.1) is 0 Å². The number of benzene rings is 2. The van der Waals surface area contributed by atoms with Crippen molar-refractivity contribution in [1.82, 2.24) is 0 Å². The first kappa shape index (κ1) is 15.6. The van der Waals surface area contributed by atoms with Gasteiger partial charge in [0.1, 0.15) is 11.5 Å². The fourth-order valence-corrected chi connectivity index (χ4v) is 3.30. The maximum absolute atomic E-state index is 5.46. The minimum absolute atomic E-state index is 0.902. The lowest BCUT2D eigenvalue weighted by molar-refractivity contribution is 0.415. The highest BCUT2D eigenvalue weighted by Gasteiger charge is 2.17. The summed E-state index contributed by atoms with van der Waals surface area (Å²) in [6.07, 6.45) is 1.71. The number of hydrogen-bond acceptors (Lipinski definition) is 4. The average Bonchev–Trinajstić information content (AvgIpc) is 3.23. The van der Waals surface area contributed by atoms with Crippen LogP contribution in [0.3, 0.4) is 0 Å². The van der Waals surface area contributed by atoms with Crippen molar-refractivity contribution in [2.45, 2.75) is 0 Å². The highest BCUT2D eigenvalue weighted by molar-refractivity contribution is 5.62. The van der Waals surface area contributed by atoms with E-state index in [0.29, 0.717) is 0 Å². The smallest absolute Gasteiger partial charge is 0.133 e. The number of anilines is 2. The molecule has 0 saturated carbocycles. The van der Waals surface area contributed by atoms with Crippen LogP contribution in [0.1, 0.15) is 0 Å². The Hall–Kier alpha value is -2.88. The summed E-state index contributed by atoms with van der Waals surface area (Å²) in [6, 6.07) is 20.8. The topological polar surface area (TPSA) is 28.9 Å². The monoisotopic (exact) mass is 334 g/mol. The highest BCUT2D eigenvalue weighted by atomic mass is 16.5. The van der Waals surface area contributed by atoms with Crippen molar-refractivity contribution in [3.05, 3.63) is 66.9 Å². The third-order valence-electron chi connectivity index (χ3n) is 4.76. The van der Waals surface area contributed by atoms with Gasteiger partial charge >= 0.3 is 0 Å². The second kappa shape index (κ2) is 6.93. The Morgan fingerprint density at radius 1 is 0.760 bits per heavy atom. The van der Waals surface area contributed by atoms with Gasteiger partial charge in [0.25, 0.3) is 0 Å². The fourth-order valence-electron chi connectivity index (χ4n) is 3.30. The van der Waals surface area contributed by atoms with Crippen molar-refractivity contribution < 1.29 is 9.15 Å². The number of rotatable bonds is 4. The summed E-state index contributed by atoms with van der Waals surface area (Å²) in [5.74, 6) is 1.81. The van der Waals surface area contributed by atoms with Crippen LogP contribution in [0.25, 0.3) is 11.3 Å². The van der Waals surface area contributed by atoms with Crippen molar-refractivity contribution in [3.8, 4) is 17.1 Å². The number of piperazine rings is 1. The van der Waals surface area contributed by atoms with E-state index >= 15 is 0 Å². The quantitative estimate of drug-likeness (QED) is 0.712. The Morgan fingerprint density at radius 3 is 1.80 bits per heavy atom. The Bertz CT molecular complexity index is 787. The van der Waals surface area contributed by atoms with Crippen molar-refractivity contribution in [3.63, 3.8) is 0 Å². The molecule has 3 aromatic rings. The Kier molecular flexibility index (Phi) is 4.34. The van der Waals surface area contributed by atoms with Crippen molar-refractivity contribution in [1.29, 1.82) is 0 Å². The van der Waals surface area contributed by atoms with Crippen LogP contribution in [0, 0.1) is 0 Å². The number of furan rings is 1. The average molecular weight is 334 g/mol. The molecule has 0 amide bonds. The number of ether oxygens (including phenoxy) is 1. The van der Waals surface area contributed by atoms with Gasteiger partial charge in [-0.3, -0.25) is 0 Å². The molecule has 1 aromatic heterocycles. The maximum atomic E-state index is 5.46. The van der Waals surface area contributed by atoms with Gasteiger partial charge in [0, 0.05) is 43.1 Å². The summed E-state index contributed by atoms with van der Waals surface area (Å²) < 4.78 is 10.7. The lowest BCUT2D eigenvalue weighted by atomic mass is 10.1. The van der Waals surface area contributed by atoms with Crippen LogP contribution < -0.4 is 14.5 Å². The summed E-state index contributed by atoms with van der Waals surface area (Å²) >= 11 is 0. The molecule has 4 rings (SSSR count). The zero-order valence-electron chi connectivity index (χ0n) is 14.4. The first-order valence-corrected chi connectivity index (χ1v) is 8.61. The Labute approximate surface area is 148 Å². The second-order valence-corrected chi connectivity index (χ2v) is 6.20. The normalized spacial score (nSPS) is 14.6. The van der Waals surface area contributed by atoms with Crippen LogP contribution in [-0.2, 0) is 0 Å². The van der Waals surface area contributed by atoms with E-state index in [4.69, 9.17) is 9.15 Å². The summed E-state index contributed by atoms with van der Waals surface area (Å²) in [6.45, 7) is 4.08. The molecule has 1 saturated heterocycles. The molecule has 0 spiro atoms. The van der Waals surface area contributed by atoms with Gasteiger partial charge in [-0.25, -0.2) is 0 Å². The molecule has 0 aliphatic carbocycles. The van der Waals surface area contributed by atoms with Crippen molar-refractivity contribution in [2.75, 3.05) is 43.1 Å². The van der Waals surface area contributed by atoms with Crippen LogP contribution in [0.4, 0.5) is 11.4 Å². The summed E-state index contributed by atoms with van der Waals surface area (Å²) in [7, 11) is 1.70. The summed E-state index contributed by atoms with van der Waals surface area (Å²) in [5.41, 5.74) is 3.64. The molecule has 128 valence electrons. The number of methoxy groups -OCH3 is 1. The molecule has 0 radical (unpaired) electrons. The summed E-state index contributed by atoms with van der Waals surface area (Å²) in [4.78, 5) is 4.86. The standard InChI is InChI=1S/C21H22N2O2/c1-24-20-10-8-19(9-11-20)23-14-12-22(13-15-23)18-6-4-17(5-7-18)21-3-2-16-25-21/h2-11,16H,12-15H2,1H3. The largest absolute Gasteiger partial charge is 0.497 e. The van der Waals surface area contributed by atoms with Crippen LogP contribution >= 0.6 is 0 Å². The molecule has 1 aliphatic heterocycles. The molecule has 2 heterocycles. The lowest BCUT2D eigenvalue weighted by Crippen LogP contribution is -2.46. The molecule has 4 heteroatoms. The van der Waals surface area contributed by atoms with Gasteiger partial charge in [-0.1, -0.05) is 0 Å². The minimum atomic E-state index is 0.902. The van der Waals surface area contributed by atoms with E-state index in [1.807, 2.05) is 24.3 Å². The van der Waals surface area contributed by atoms with Crippen LogP contribution in [0.15, 0.2) is 71.3 Å². The van der Waals surface area contributed by atoms with Crippen molar-refractivity contribution in [2.24, 2.45) is 0 Å². The lowest BCUT2D eigenvalue weighted by Gasteiger charge is -2.37. The van der Waals surface area contributed by atoms with E-state index in [0.717, 1.165) is 43.3 Å². The number of nitrogens with zero attached hydrogens (tertiary/aromatic N) is 2. The molecule has 1 aliphatic rings. The Balaban J connectivity index is 1.39. The van der Waals surface area contributed by atoms with Crippen molar-refractivity contribution >= 4 is 11.4 Å². The molecule has 0 unspecified atom stereocenters. The third kappa shape index (κ3) is 3.33. The maximum Gasteiger partial charge on any atom is 0.133 e. The molecule has 4 nitrogen and oxygen atoms in total. The highest BCUT2D eigenvalue weighted by Crippen LogP contribution is 2.26. The van der Waals surface area contributed by atoms with Gasteiger partial charge in [-0.2, -0.15) is 0 Å². The zero-order chi connectivity index (χ0) is 17.1. The predicted octanol–water partition coefficient (Wildman–Crippen LogP) is 4.28. The first-order chi connectivity index (χ1) is 12.3. The minimum Gasteiger partial charge on any atom is -0.497 e. The van der Waals surface area contributed by atoms with Gasteiger partial charge in [0.05, 0.1) is 13.4 Å². The third-order valence-corrected chi connectivity index (χ3v) is 4.76. The van der Waals surface area contributed by atoms with Gasteiger partial charge < -0.3 is 19.0 Å². The summed E-state index contributed by atoms with van der Waals surface area (Å²) in [5, 5.41) is 0. The van der Waals surface area contributed by atoms with E-state index in [1.54, 1.807) is 13.4 Å². The molecule has 0 N–H and O–H groups in total.